The van der Waals surface area contributed by atoms with Crippen LogP contribution >= 0.6 is 0 Å². The van der Waals surface area contributed by atoms with Gasteiger partial charge in [-0.05, 0) is 35.7 Å². The Morgan fingerprint density at radius 2 is 1.97 bits per heavy atom. The van der Waals surface area contributed by atoms with E-state index in [-0.39, 0.29) is 11.5 Å². The zero-order valence-electron chi connectivity index (χ0n) is 16.3. The van der Waals surface area contributed by atoms with Crippen molar-refractivity contribution in [1.82, 2.24) is 24.3 Å². The van der Waals surface area contributed by atoms with Crippen molar-refractivity contribution in [1.29, 1.82) is 0 Å². The number of nitrogens with one attached hydrogen (secondary N) is 2. The van der Waals surface area contributed by atoms with Gasteiger partial charge in [0.15, 0.2) is 11.5 Å². The van der Waals surface area contributed by atoms with Gasteiger partial charge in [0.05, 0.1) is 11.9 Å². The monoisotopic (exact) mass is 415 g/mol. The summed E-state index contributed by atoms with van der Waals surface area (Å²) in [6.07, 6.45) is 3.28. The number of imidazole rings is 1. The van der Waals surface area contributed by atoms with Gasteiger partial charge in [0, 0.05) is 18.3 Å². The number of nitrogens with zero attached hydrogens (tertiary/aromatic N) is 4. The predicted molar refractivity (Wildman–Crippen MR) is 117 cm³/mol. The molecule has 0 aliphatic carbocycles. The van der Waals surface area contributed by atoms with Crippen molar-refractivity contribution in [3.8, 4) is 11.1 Å². The summed E-state index contributed by atoms with van der Waals surface area (Å²) in [5, 5.41) is 3.25. The number of hydrogen-bond acceptors (Lipinski definition) is 6. The van der Waals surface area contributed by atoms with Gasteiger partial charge in [-0.2, -0.15) is 9.97 Å². The van der Waals surface area contributed by atoms with Crippen molar-refractivity contribution in [3.05, 3.63) is 82.8 Å². The highest BCUT2D eigenvalue weighted by Gasteiger charge is 2.14. The first-order chi connectivity index (χ1) is 15.1. The van der Waals surface area contributed by atoms with Crippen LogP contribution < -0.4 is 16.6 Å². The zero-order valence-corrected chi connectivity index (χ0v) is 16.3. The summed E-state index contributed by atoms with van der Waals surface area (Å²) in [4.78, 5) is 28.7. The highest BCUT2D eigenvalue weighted by molar-refractivity contribution is 5.83. The second-order valence-electron chi connectivity index (χ2n) is 7.07. The van der Waals surface area contributed by atoms with Gasteiger partial charge >= 0.3 is 0 Å². The van der Waals surface area contributed by atoms with Crippen molar-refractivity contribution < 1.29 is 4.39 Å². The third-order valence-corrected chi connectivity index (χ3v) is 5.07. The average molecular weight is 415 g/mol. The summed E-state index contributed by atoms with van der Waals surface area (Å²) in [6.45, 7) is 0.487. The van der Waals surface area contributed by atoms with Crippen LogP contribution in [0.4, 0.5) is 16.2 Å². The average Bonchev–Trinajstić information content (AvgIpc) is 3.23. The molecule has 4 heterocycles. The van der Waals surface area contributed by atoms with Crippen molar-refractivity contribution in [2.45, 2.75) is 6.42 Å². The van der Waals surface area contributed by atoms with Crippen LogP contribution in [0.25, 0.3) is 27.8 Å². The quantitative estimate of drug-likeness (QED) is 0.407. The number of hydrogen-bond donors (Lipinski definition) is 3. The minimum atomic E-state index is -0.465. The van der Waals surface area contributed by atoms with Gasteiger partial charge in [0.2, 0.25) is 5.95 Å². The molecule has 4 N–H and O–H groups in total. The minimum Gasteiger partial charge on any atom is -0.368 e. The van der Waals surface area contributed by atoms with Crippen molar-refractivity contribution in [3.63, 3.8) is 0 Å². The van der Waals surface area contributed by atoms with E-state index in [0.717, 1.165) is 11.1 Å². The number of fused-ring (bicyclic) bond motifs is 2. The Balaban J connectivity index is 1.53. The molecule has 0 bridgehead atoms. The maximum Gasteiger partial charge on any atom is 0.263 e. The number of anilines is 2. The fraction of sp³-hybridized carbons (Fsp3) is 0.0909. The molecule has 5 aromatic rings. The van der Waals surface area contributed by atoms with Gasteiger partial charge < -0.3 is 16.0 Å². The lowest BCUT2D eigenvalue weighted by molar-refractivity contribution is 0.618. The Morgan fingerprint density at radius 3 is 2.81 bits per heavy atom. The largest absolute Gasteiger partial charge is 0.368 e. The van der Waals surface area contributed by atoms with Gasteiger partial charge in [-0.15, -0.1) is 0 Å². The number of nitrogen functional groups attached to an aromatic ring is 1. The van der Waals surface area contributed by atoms with Crippen LogP contribution in [0.3, 0.4) is 0 Å². The molecule has 31 heavy (non-hydrogen) atoms. The standard InChI is InChI=1S/C22H18FN7O/c23-15-6-7-16-10-14(17(21(31)30(16)11-15)13-4-2-1-3-5-13)8-9-25-19-18-20(27-12-26-18)29-22(24)28-19/h1-7,10-12H,8-9H2,(H4,24,25,26,27,28,29). The summed E-state index contributed by atoms with van der Waals surface area (Å²) < 4.78 is 15.1. The second kappa shape index (κ2) is 7.52. The van der Waals surface area contributed by atoms with E-state index in [1.165, 1.54) is 23.0 Å². The van der Waals surface area contributed by atoms with Crippen LogP contribution in [0.15, 0.2) is 65.8 Å². The number of rotatable bonds is 5. The number of H-pyrrole nitrogens is 1. The van der Waals surface area contributed by atoms with E-state index < -0.39 is 5.82 Å². The van der Waals surface area contributed by atoms with E-state index in [4.69, 9.17) is 5.73 Å². The lowest BCUT2D eigenvalue weighted by Gasteiger charge is -2.13. The van der Waals surface area contributed by atoms with Crippen molar-refractivity contribution >= 4 is 28.4 Å². The molecule has 0 spiro atoms. The van der Waals surface area contributed by atoms with Crippen LogP contribution in [0.5, 0.6) is 0 Å². The fourth-order valence-electron chi connectivity index (χ4n) is 3.69. The topological polar surface area (TPSA) is 114 Å². The maximum atomic E-state index is 13.8. The van der Waals surface area contributed by atoms with E-state index in [0.29, 0.717) is 41.0 Å². The lowest BCUT2D eigenvalue weighted by Crippen LogP contribution is -2.19. The van der Waals surface area contributed by atoms with Gasteiger partial charge in [-0.25, -0.2) is 9.37 Å². The number of pyridine rings is 2. The Kier molecular flexibility index (Phi) is 4.55. The molecule has 0 saturated carbocycles. The first-order valence-electron chi connectivity index (χ1n) is 9.70. The van der Waals surface area contributed by atoms with Crippen LogP contribution in [0, 0.1) is 5.82 Å². The van der Waals surface area contributed by atoms with Gasteiger partial charge in [-0.1, -0.05) is 30.3 Å². The molecule has 8 nitrogen and oxygen atoms in total. The normalized spacial score (nSPS) is 11.3. The number of halogens is 1. The molecule has 5 rings (SSSR count). The number of aromatic nitrogens is 5. The first-order valence-corrected chi connectivity index (χ1v) is 9.70. The third-order valence-electron chi connectivity index (χ3n) is 5.07. The second-order valence-corrected chi connectivity index (χ2v) is 7.07. The first kappa shape index (κ1) is 18.7. The molecule has 0 saturated heterocycles. The smallest absolute Gasteiger partial charge is 0.263 e. The van der Waals surface area contributed by atoms with Gasteiger partial charge in [0.25, 0.3) is 5.56 Å². The highest BCUT2D eigenvalue weighted by atomic mass is 19.1. The molecule has 0 aliphatic rings. The summed E-state index contributed by atoms with van der Waals surface area (Å²) in [7, 11) is 0. The van der Waals surface area contributed by atoms with Crippen molar-refractivity contribution in [2.75, 3.05) is 17.6 Å². The van der Waals surface area contributed by atoms with E-state index in [9.17, 15) is 9.18 Å². The Morgan fingerprint density at radius 1 is 1.13 bits per heavy atom. The maximum absolute atomic E-state index is 13.8. The van der Waals surface area contributed by atoms with Crippen LogP contribution in [-0.4, -0.2) is 30.9 Å². The molecular formula is C22H18FN7O. The molecule has 1 aromatic carbocycles. The van der Waals surface area contributed by atoms with E-state index in [1.807, 2.05) is 36.4 Å². The molecule has 0 amide bonds. The summed E-state index contributed by atoms with van der Waals surface area (Å²) in [5.74, 6) is 0.201. The molecule has 9 heteroatoms. The Labute approximate surface area is 175 Å². The van der Waals surface area contributed by atoms with Crippen LogP contribution in [-0.2, 0) is 6.42 Å². The van der Waals surface area contributed by atoms with Crippen molar-refractivity contribution in [2.24, 2.45) is 0 Å². The molecule has 0 aliphatic heterocycles. The Bertz CT molecular complexity index is 1460. The highest BCUT2D eigenvalue weighted by Crippen LogP contribution is 2.23. The van der Waals surface area contributed by atoms with Crippen LogP contribution in [0.1, 0.15) is 5.56 Å². The van der Waals surface area contributed by atoms with Crippen LogP contribution in [0.2, 0.25) is 0 Å². The van der Waals surface area contributed by atoms with Gasteiger partial charge in [-0.3, -0.25) is 9.20 Å². The molecular weight excluding hydrogens is 397 g/mol. The predicted octanol–water partition coefficient (Wildman–Crippen LogP) is 3.01. The Hall–Kier alpha value is -4.27. The third kappa shape index (κ3) is 3.46. The molecule has 0 atom stereocenters. The van der Waals surface area contributed by atoms with E-state index in [2.05, 4.69) is 25.3 Å². The fourth-order valence-corrected chi connectivity index (χ4v) is 3.69. The summed E-state index contributed by atoms with van der Waals surface area (Å²) in [6, 6.07) is 14.2. The molecule has 0 radical (unpaired) electrons. The molecule has 154 valence electrons. The summed E-state index contributed by atoms with van der Waals surface area (Å²) >= 11 is 0. The van der Waals surface area contributed by atoms with E-state index >= 15 is 0 Å². The number of benzene rings is 1. The minimum absolute atomic E-state index is 0.123. The number of nitrogens with two attached hydrogens (primary N) is 1. The molecule has 4 aromatic heterocycles. The lowest BCUT2D eigenvalue weighted by atomic mass is 9.98. The molecule has 0 unspecified atom stereocenters. The SMILES string of the molecule is Nc1nc(NCCc2cc3ccc(F)cn3c(=O)c2-c2ccccc2)c2[nH]cnc2n1. The summed E-state index contributed by atoms with van der Waals surface area (Å²) in [5.41, 5.74) is 9.44. The van der Waals surface area contributed by atoms with E-state index in [1.54, 1.807) is 6.07 Å². The zero-order chi connectivity index (χ0) is 21.4. The van der Waals surface area contributed by atoms with Gasteiger partial charge in [0.1, 0.15) is 11.3 Å². The molecule has 0 fully saturated rings. The number of aromatic amines is 1.